The molecule has 0 aliphatic heterocycles. The minimum atomic E-state index is -0.353. The monoisotopic (exact) mass is 408 g/mol. The molecule has 5 heteroatoms. The first kappa shape index (κ1) is 27.4. The van der Waals surface area contributed by atoms with Crippen LogP contribution in [0.15, 0.2) is 47.1 Å². The largest absolute Gasteiger partial charge is 4.00 e. The first-order chi connectivity index (χ1) is 8.57. The molecule has 0 N–H and O–H groups in total. The number of allylic oxidation sites excluding steroid dienone is 4. The Balaban J connectivity index is -0.000000902. The van der Waals surface area contributed by atoms with E-state index in [2.05, 4.69) is 64.1 Å². The van der Waals surface area contributed by atoms with E-state index < -0.39 is 0 Å². The van der Waals surface area contributed by atoms with Crippen LogP contribution in [0, 0.1) is 6.08 Å². The first-order valence-electron chi connectivity index (χ1n) is 6.93. The summed E-state index contributed by atoms with van der Waals surface area (Å²) < 4.78 is 0. The van der Waals surface area contributed by atoms with Crippen LogP contribution in [0.25, 0.3) is 0 Å². The topological polar surface area (TPSA) is 0 Å². The van der Waals surface area contributed by atoms with Crippen LogP contribution in [-0.2, 0) is 21.7 Å². The standard InChI is InChI=1S/C17H23Si.3ClH.Ti/c1-5-9-16-14(3)13(2)12-17(16,4)18-15-10-7-6-8-11-15;;;;/h6-8,10-11H,5,9,18H2,1-4H3;3*1H;/q-1;;;;+4/p-3. The number of rotatable bonds is 4. The van der Waals surface area contributed by atoms with Crippen molar-refractivity contribution in [1.82, 2.24) is 0 Å². The van der Waals surface area contributed by atoms with Crippen molar-refractivity contribution < 1.29 is 58.9 Å². The third-order valence-corrected chi connectivity index (χ3v) is 6.24. The smallest absolute Gasteiger partial charge is 1.00 e. The molecule has 0 bridgehead atoms. The molecule has 1 aliphatic carbocycles. The van der Waals surface area contributed by atoms with E-state index in [1.54, 1.807) is 10.8 Å². The zero-order valence-corrected chi connectivity index (χ0v) is 18.9. The summed E-state index contributed by atoms with van der Waals surface area (Å²) in [6.07, 6.45) is 6.23. The van der Waals surface area contributed by atoms with Crippen LogP contribution in [0.5, 0.6) is 0 Å². The Labute approximate surface area is 171 Å². The van der Waals surface area contributed by atoms with Crippen molar-refractivity contribution in [3.05, 3.63) is 53.1 Å². The Morgan fingerprint density at radius 1 is 1.05 bits per heavy atom. The van der Waals surface area contributed by atoms with E-state index in [9.17, 15) is 0 Å². The molecule has 1 aliphatic rings. The van der Waals surface area contributed by atoms with Gasteiger partial charge >= 0.3 is 21.7 Å². The van der Waals surface area contributed by atoms with Gasteiger partial charge in [-0.2, -0.15) is 11.1 Å². The summed E-state index contributed by atoms with van der Waals surface area (Å²) in [6, 6.07) is 11.0. The second kappa shape index (κ2) is 11.9. The molecule has 0 fully saturated rings. The Kier molecular flexibility index (Phi) is 14.9. The summed E-state index contributed by atoms with van der Waals surface area (Å²) in [5.41, 5.74) is 4.53. The zero-order valence-electron chi connectivity index (χ0n) is 13.6. The van der Waals surface area contributed by atoms with Gasteiger partial charge in [-0.05, 0) is 6.42 Å². The molecular formula is C17H23Cl3SiTi. The van der Waals surface area contributed by atoms with E-state index in [0.717, 1.165) is 0 Å². The van der Waals surface area contributed by atoms with Gasteiger partial charge in [0.1, 0.15) is 0 Å². The number of hydrogen-bond donors (Lipinski definition) is 0. The van der Waals surface area contributed by atoms with Gasteiger partial charge in [0.05, 0.1) is 0 Å². The summed E-state index contributed by atoms with van der Waals surface area (Å²) in [5, 5.41) is 1.79. The zero-order chi connectivity index (χ0) is 13.2. The van der Waals surface area contributed by atoms with Crippen LogP contribution in [-0.4, -0.2) is 9.52 Å². The Bertz CT molecular complexity index is 500. The number of halogens is 3. The van der Waals surface area contributed by atoms with Gasteiger partial charge in [-0.1, -0.05) is 67.7 Å². The van der Waals surface area contributed by atoms with Crippen molar-refractivity contribution >= 4 is 14.7 Å². The number of hydrogen-bond acceptors (Lipinski definition) is 0. The van der Waals surface area contributed by atoms with Crippen LogP contribution in [0.3, 0.4) is 0 Å². The fourth-order valence-electron chi connectivity index (χ4n) is 3.09. The molecule has 1 aromatic rings. The maximum absolute atomic E-state index is 3.77. The van der Waals surface area contributed by atoms with E-state index >= 15 is 0 Å². The maximum atomic E-state index is 3.77. The third kappa shape index (κ3) is 6.19. The fourth-order valence-corrected chi connectivity index (χ4v) is 5.42. The van der Waals surface area contributed by atoms with Gasteiger partial charge in [0.15, 0.2) is 0 Å². The number of benzene rings is 1. The van der Waals surface area contributed by atoms with Crippen molar-refractivity contribution in [3.63, 3.8) is 0 Å². The molecule has 0 aromatic heterocycles. The average molecular weight is 410 g/mol. The van der Waals surface area contributed by atoms with Gasteiger partial charge in [0.25, 0.3) is 0 Å². The maximum Gasteiger partial charge on any atom is 4.00 e. The fraction of sp³-hybridized carbons (Fsp3) is 0.412. The summed E-state index contributed by atoms with van der Waals surface area (Å²) in [7, 11) is -0.353. The summed E-state index contributed by atoms with van der Waals surface area (Å²) in [5.74, 6) is 0. The van der Waals surface area contributed by atoms with Crippen LogP contribution >= 0.6 is 0 Å². The Hall–Kier alpha value is 0.501. The minimum Gasteiger partial charge on any atom is -1.00 e. The predicted octanol–water partition coefficient (Wildman–Crippen LogP) is -5.45. The van der Waals surface area contributed by atoms with E-state index in [-0.39, 0.29) is 73.5 Å². The van der Waals surface area contributed by atoms with Gasteiger partial charge < -0.3 is 37.2 Å². The van der Waals surface area contributed by atoms with Crippen molar-refractivity contribution in [2.45, 2.75) is 45.6 Å². The second-order valence-electron chi connectivity index (χ2n) is 5.60. The molecule has 1 aromatic carbocycles. The molecule has 1 unspecified atom stereocenters. The van der Waals surface area contributed by atoms with Crippen LogP contribution in [0.2, 0.25) is 5.04 Å². The van der Waals surface area contributed by atoms with Crippen LogP contribution in [0.1, 0.15) is 40.5 Å². The molecule has 0 heterocycles. The van der Waals surface area contributed by atoms with Crippen molar-refractivity contribution in [2.24, 2.45) is 0 Å². The molecule has 2 rings (SSSR count). The molecule has 1 atom stereocenters. The van der Waals surface area contributed by atoms with Gasteiger partial charge in [-0.15, -0.1) is 6.92 Å². The molecule has 120 valence electrons. The van der Waals surface area contributed by atoms with E-state index in [1.807, 2.05) is 0 Å². The Morgan fingerprint density at radius 3 is 2.09 bits per heavy atom. The van der Waals surface area contributed by atoms with E-state index in [1.165, 1.54) is 24.0 Å². The second-order valence-corrected chi connectivity index (χ2v) is 8.18. The Morgan fingerprint density at radius 2 is 1.59 bits per heavy atom. The van der Waals surface area contributed by atoms with Gasteiger partial charge in [-0.25, -0.2) is 5.57 Å². The van der Waals surface area contributed by atoms with Gasteiger partial charge in [-0.3, -0.25) is 6.08 Å². The molecule has 0 saturated heterocycles. The SMILES string of the molecule is CCCC1=C(C)C(C)=[C-]C1(C)[SiH2]c1ccccc1.[Cl-].[Cl-].[Cl-].[Ti+4]. The molecule has 0 amide bonds. The summed E-state index contributed by atoms with van der Waals surface area (Å²) in [4.78, 5) is 0. The normalized spacial score (nSPS) is 19.7. The molecule has 0 nitrogen and oxygen atoms in total. The van der Waals surface area contributed by atoms with Crippen molar-refractivity contribution in [2.75, 3.05) is 0 Å². The third-order valence-electron chi connectivity index (χ3n) is 4.05. The van der Waals surface area contributed by atoms with Gasteiger partial charge in [0.2, 0.25) is 0 Å². The average Bonchev–Trinajstić information content (AvgIpc) is 2.55. The molecule has 0 saturated carbocycles. The van der Waals surface area contributed by atoms with Crippen molar-refractivity contribution in [3.8, 4) is 0 Å². The minimum absolute atomic E-state index is 0. The van der Waals surface area contributed by atoms with E-state index in [4.69, 9.17) is 0 Å². The van der Waals surface area contributed by atoms with E-state index in [0.29, 0.717) is 0 Å². The van der Waals surface area contributed by atoms with Crippen molar-refractivity contribution in [1.29, 1.82) is 0 Å². The van der Waals surface area contributed by atoms with Gasteiger partial charge in [0, 0.05) is 9.52 Å². The molecular weight excluding hydrogens is 386 g/mol. The molecule has 0 spiro atoms. The molecule has 0 radical (unpaired) electrons. The van der Waals surface area contributed by atoms with Crippen LogP contribution in [0.4, 0.5) is 0 Å². The molecule has 22 heavy (non-hydrogen) atoms. The first-order valence-corrected chi connectivity index (χ1v) is 8.34. The van der Waals surface area contributed by atoms with Crippen LogP contribution < -0.4 is 42.4 Å². The summed E-state index contributed by atoms with van der Waals surface area (Å²) in [6.45, 7) is 9.17. The summed E-state index contributed by atoms with van der Waals surface area (Å²) >= 11 is 0. The quantitative estimate of drug-likeness (QED) is 0.344. The predicted molar refractivity (Wildman–Crippen MR) is 83.0 cm³/mol.